The SMILES string of the molecule is CCC(CC)(OC)C(=O)Cc1ccc(OC)c(F)c1. The molecule has 0 saturated heterocycles. The quantitative estimate of drug-likeness (QED) is 0.762. The first-order valence-corrected chi connectivity index (χ1v) is 6.43. The molecule has 1 aromatic rings. The van der Waals surface area contributed by atoms with Gasteiger partial charge in [-0.25, -0.2) is 4.39 Å². The molecule has 1 rings (SSSR count). The first-order chi connectivity index (χ1) is 9.02. The lowest BCUT2D eigenvalue weighted by Gasteiger charge is -2.28. The second-order valence-corrected chi connectivity index (χ2v) is 4.47. The third-order valence-electron chi connectivity index (χ3n) is 3.62. The summed E-state index contributed by atoms with van der Waals surface area (Å²) in [5.41, 5.74) is -0.136. The van der Waals surface area contributed by atoms with Gasteiger partial charge in [-0.15, -0.1) is 0 Å². The van der Waals surface area contributed by atoms with E-state index in [0.717, 1.165) is 0 Å². The largest absolute Gasteiger partial charge is 0.494 e. The van der Waals surface area contributed by atoms with Crippen LogP contribution in [0.4, 0.5) is 4.39 Å². The van der Waals surface area contributed by atoms with Crippen LogP contribution in [0.2, 0.25) is 0 Å². The van der Waals surface area contributed by atoms with Crippen molar-refractivity contribution in [2.24, 2.45) is 0 Å². The first-order valence-electron chi connectivity index (χ1n) is 6.43. The van der Waals surface area contributed by atoms with E-state index >= 15 is 0 Å². The van der Waals surface area contributed by atoms with E-state index in [-0.39, 0.29) is 18.0 Å². The summed E-state index contributed by atoms with van der Waals surface area (Å²) in [6.45, 7) is 3.83. The number of ether oxygens (including phenoxy) is 2. The molecule has 0 atom stereocenters. The maximum atomic E-state index is 13.6. The number of rotatable bonds is 7. The van der Waals surface area contributed by atoms with Gasteiger partial charge in [-0.05, 0) is 30.5 Å². The standard InChI is InChI=1S/C15H21FO3/c1-5-15(6-2,19-4)14(17)10-11-7-8-13(18-3)12(16)9-11/h7-9H,5-6,10H2,1-4H3. The van der Waals surface area contributed by atoms with E-state index in [4.69, 9.17) is 9.47 Å². The maximum absolute atomic E-state index is 13.6. The van der Waals surface area contributed by atoms with Gasteiger partial charge in [0.15, 0.2) is 17.3 Å². The Balaban J connectivity index is 2.90. The lowest BCUT2D eigenvalue weighted by Crippen LogP contribution is -2.40. The molecule has 0 bridgehead atoms. The lowest BCUT2D eigenvalue weighted by molar-refractivity contribution is -0.141. The Kier molecular flexibility index (Phi) is 5.48. The highest BCUT2D eigenvalue weighted by Crippen LogP contribution is 2.24. The number of carbonyl (C=O) groups is 1. The number of ketones is 1. The molecule has 0 aliphatic carbocycles. The summed E-state index contributed by atoms with van der Waals surface area (Å²) in [4.78, 5) is 12.3. The molecular weight excluding hydrogens is 247 g/mol. The third-order valence-corrected chi connectivity index (χ3v) is 3.62. The van der Waals surface area contributed by atoms with Crippen molar-refractivity contribution in [2.75, 3.05) is 14.2 Å². The fraction of sp³-hybridized carbons (Fsp3) is 0.533. The van der Waals surface area contributed by atoms with Crippen LogP contribution in [0.15, 0.2) is 18.2 Å². The van der Waals surface area contributed by atoms with Gasteiger partial charge in [-0.2, -0.15) is 0 Å². The minimum absolute atomic E-state index is 0.0235. The average Bonchev–Trinajstić information content (AvgIpc) is 2.41. The molecule has 0 spiro atoms. The van der Waals surface area contributed by atoms with E-state index in [1.165, 1.54) is 19.2 Å². The zero-order chi connectivity index (χ0) is 14.5. The molecular formula is C15H21FO3. The molecule has 0 saturated carbocycles. The van der Waals surface area contributed by atoms with Crippen molar-refractivity contribution in [3.8, 4) is 5.75 Å². The van der Waals surface area contributed by atoms with Gasteiger partial charge in [0.25, 0.3) is 0 Å². The van der Waals surface area contributed by atoms with Crippen LogP contribution >= 0.6 is 0 Å². The van der Waals surface area contributed by atoms with Crippen molar-refractivity contribution < 1.29 is 18.7 Å². The summed E-state index contributed by atoms with van der Waals surface area (Å²) in [5.74, 6) is -0.298. The number of halogens is 1. The second-order valence-electron chi connectivity index (χ2n) is 4.47. The van der Waals surface area contributed by atoms with Gasteiger partial charge in [0, 0.05) is 13.5 Å². The van der Waals surface area contributed by atoms with E-state index in [1.54, 1.807) is 13.2 Å². The zero-order valence-electron chi connectivity index (χ0n) is 12.0. The van der Waals surface area contributed by atoms with Crippen molar-refractivity contribution in [1.29, 1.82) is 0 Å². The Labute approximate surface area is 113 Å². The molecule has 0 unspecified atom stereocenters. The van der Waals surface area contributed by atoms with Gasteiger partial charge < -0.3 is 9.47 Å². The zero-order valence-corrected chi connectivity index (χ0v) is 12.0. The molecule has 0 heterocycles. The monoisotopic (exact) mass is 268 g/mol. The summed E-state index contributed by atoms with van der Waals surface area (Å²) in [7, 11) is 2.95. The number of hydrogen-bond acceptors (Lipinski definition) is 3. The van der Waals surface area contributed by atoms with Crippen molar-refractivity contribution in [3.63, 3.8) is 0 Å². The van der Waals surface area contributed by atoms with Gasteiger partial charge in [0.1, 0.15) is 5.60 Å². The molecule has 3 nitrogen and oxygen atoms in total. The molecule has 1 aromatic carbocycles. The van der Waals surface area contributed by atoms with Gasteiger partial charge in [-0.3, -0.25) is 4.79 Å². The molecule has 0 radical (unpaired) electrons. The van der Waals surface area contributed by atoms with Crippen LogP contribution in [0.25, 0.3) is 0 Å². The number of carbonyl (C=O) groups excluding carboxylic acids is 1. The van der Waals surface area contributed by atoms with E-state index in [2.05, 4.69) is 0 Å². The molecule has 0 aromatic heterocycles. The van der Waals surface area contributed by atoms with Crippen LogP contribution in [-0.4, -0.2) is 25.6 Å². The first kappa shape index (κ1) is 15.6. The third kappa shape index (κ3) is 3.32. The molecule has 0 aliphatic heterocycles. The van der Waals surface area contributed by atoms with Crippen molar-refractivity contribution >= 4 is 5.78 Å². The van der Waals surface area contributed by atoms with Crippen LogP contribution in [-0.2, 0) is 16.0 Å². The van der Waals surface area contributed by atoms with Crippen LogP contribution in [0.3, 0.4) is 0 Å². The number of Topliss-reactive ketones (excluding diaryl/α,β-unsaturated/α-hetero) is 1. The summed E-state index contributed by atoms with van der Waals surface area (Å²) in [6.07, 6.45) is 1.38. The molecule has 106 valence electrons. The van der Waals surface area contributed by atoms with Gasteiger partial charge in [-0.1, -0.05) is 19.9 Å². The Hall–Kier alpha value is -1.42. The van der Waals surface area contributed by atoms with Gasteiger partial charge in [0.2, 0.25) is 0 Å². The Morgan fingerprint density at radius 2 is 1.89 bits per heavy atom. The Bertz CT molecular complexity index is 431. The molecule has 19 heavy (non-hydrogen) atoms. The minimum Gasteiger partial charge on any atom is -0.494 e. The van der Waals surface area contributed by atoms with E-state index in [9.17, 15) is 9.18 Å². The predicted octanol–water partition coefficient (Wildman–Crippen LogP) is 3.15. The predicted molar refractivity (Wildman–Crippen MR) is 72.0 cm³/mol. The fourth-order valence-electron chi connectivity index (χ4n) is 2.21. The average molecular weight is 268 g/mol. The normalized spacial score (nSPS) is 11.4. The summed E-state index contributed by atoms with van der Waals surface area (Å²) in [5, 5.41) is 0. The molecule has 0 N–H and O–H groups in total. The van der Waals surface area contributed by atoms with Crippen LogP contribution in [0.1, 0.15) is 32.3 Å². The Morgan fingerprint density at radius 3 is 2.32 bits per heavy atom. The van der Waals surface area contributed by atoms with E-state index in [0.29, 0.717) is 18.4 Å². The minimum atomic E-state index is -0.767. The fourth-order valence-corrected chi connectivity index (χ4v) is 2.21. The van der Waals surface area contributed by atoms with Crippen LogP contribution in [0, 0.1) is 5.82 Å². The highest BCUT2D eigenvalue weighted by molar-refractivity contribution is 5.89. The summed E-state index contributed by atoms with van der Waals surface area (Å²) >= 11 is 0. The number of benzene rings is 1. The van der Waals surface area contributed by atoms with E-state index in [1.807, 2.05) is 13.8 Å². The van der Waals surface area contributed by atoms with Crippen LogP contribution < -0.4 is 4.74 Å². The topological polar surface area (TPSA) is 35.5 Å². The smallest absolute Gasteiger partial charge is 0.168 e. The van der Waals surface area contributed by atoms with Crippen LogP contribution in [0.5, 0.6) is 5.75 Å². The molecule has 0 fully saturated rings. The van der Waals surface area contributed by atoms with Crippen molar-refractivity contribution in [2.45, 2.75) is 38.7 Å². The molecule has 0 amide bonds. The summed E-state index contributed by atoms with van der Waals surface area (Å²) < 4.78 is 23.8. The highest BCUT2D eigenvalue weighted by atomic mass is 19.1. The highest BCUT2D eigenvalue weighted by Gasteiger charge is 2.34. The van der Waals surface area contributed by atoms with Gasteiger partial charge in [0.05, 0.1) is 7.11 Å². The van der Waals surface area contributed by atoms with E-state index < -0.39 is 11.4 Å². The van der Waals surface area contributed by atoms with Crippen molar-refractivity contribution in [3.05, 3.63) is 29.6 Å². The molecule has 0 aliphatic rings. The molecule has 4 heteroatoms. The number of hydrogen-bond donors (Lipinski definition) is 0. The maximum Gasteiger partial charge on any atom is 0.168 e. The Morgan fingerprint density at radius 1 is 1.26 bits per heavy atom. The summed E-state index contributed by atoms with van der Waals surface area (Å²) in [6, 6.07) is 4.57. The number of methoxy groups -OCH3 is 2. The second kappa shape index (κ2) is 6.66. The van der Waals surface area contributed by atoms with Gasteiger partial charge >= 0.3 is 0 Å². The van der Waals surface area contributed by atoms with Crippen molar-refractivity contribution in [1.82, 2.24) is 0 Å². The lowest BCUT2D eigenvalue weighted by atomic mass is 9.88.